The van der Waals surface area contributed by atoms with Gasteiger partial charge < -0.3 is 16.4 Å². The fourth-order valence-electron chi connectivity index (χ4n) is 3.87. The summed E-state index contributed by atoms with van der Waals surface area (Å²) in [5, 5.41) is 7.04. The van der Waals surface area contributed by atoms with Crippen molar-refractivity contribution >= 4 is 11.8 Å². The van der Waals surface area contributed by atoms with Crippen molar-refractivity contribution in [3.63, 3.8) is 0 Å². The number of nitrogens with zero attached hydrogens (tertiary/aromatic N) is 2. The molecule has 2 aromatic rings. The molecule has 0 radical (unpaired) electrons. The number of benzene rings is 1. The molecule has 5 nitrogen and oxygen atoms in total. The predicted octanol–water partition coefficient (Wildman–Crippen LogP) is 2.63. The number of anilines is 2. The van der Waals surface area contributed by atoms with Crippen molar-refractivity contribution in [2.75, 3.05) is 30.7 Å². The van der Waals surface area contributed by atoms with Crippen molar-refractivity contribution in [3.05, 3.63) is 35.4 Å². The molecule has 0 bridgehead atoms. The summed E-state index contributed by atoms with van der Waals surface area (Å²) in [5.74, 6) is 1.94. The summed E-state index contributed by atoms with van der Waals surface area (Å²) in [7, 11) is 0. The van der Waals surface area contributed by atoms with Crippen molar-refractivity contribution in [3.8, 4) is 11.3 Å². The first-order chi connectivity index (χ1) is 11.8. The van der Waals surface area contributed by atoms with Crippen LogP contribution < -0.4 is 16.4 Å². The molecule has 1 aromatic carbocycles. The van der Waals surface area contributed by atoms with Crippen LogP contribution in [-0.4, -0.2) is 29.6 Å². The second-order valence-electron chi connectivity index (χ2n) is 6.86. The van der Waals surface area contributed by atoms with Gasteiger partial charge in [0.05, 0.1) is 5.69 Å². The molecular weight excluding hydrogens is 298 g/mol. The Morgan fingerprint density at radius 1 is 1.17 bits per heavy atom. The second-order valence-corrected chi connectivity index (χ2v) is 6.86. The average Bonchev–Trinajstić information content (AvgIpc) is 2.80. The Balaban J connectivity index is 1.65. The van der Waals surface area contributed by atoms with Gasteiger partial charge in [0.25, 0.3) is 0 Å². The van der Waals surface area contributed by atoms with E-state index in [1.807, 2.05) is 0 Å². The van der Waals surface area contributed by atoms with Crippen LogP contribution in [0.2, 0.25) is 0 Å². The van der Waals surface area contributed by atoms with E-state index in [4.69, 9.17) is 5.73 Å². The van der Waals surface area contributed by atoms with Crippen molar-refractivity contribution in [1.29, 1.82) is 0 Å². The quantitative estimate of drug-likeness (QED) is 0.809. The van der Waals surface area contributed by atoms with Gasteiger partial charge in [0.2, 0.25) is 5.95 Å². The molecule has 4 rings (SSSR count). The Labute approximate surface area is 143 Å². The minimum atomic E-state index is 0.356. The topological polar surface area (TPSA) is 75.9 Å². The largest absolute Gasteiger partial charge is 0.369 e. The third-order valence-electron chi connectivity index (χ3n) is 5.13. The molecule has 5 heteroatoms. The smallest absolute Gasteiger partial charge is 0.222 e. The van der Waals surface area contributed by atoms with E-state index in [1.165, 1.54) is 29.5 Å². The van der Waals surface area contributed by atoms with Gasteiger partial charge in [-0.05, 0) is 56.7 Å². The van der Waals surface area contributed by atoms with Gasteiger partial charge in [-0.2, -0.15) is 4.98 Å². The molecule has 1 fully saturated rings. The Bertz CT molecular complexity index is 722. The number of aromatic nitrogens is 2. The summed E-state index contributed by atoms with van der Waals surface area (Å²) in [6.45, 7) is 3.17. The number of fused-ring (bicyclic) bond motifs is 3. The zero-order chi connectivity index (χ0) is 16.4. The Morgan fingerprint density at radius 2 is 2.08 bits per heavy atom. The summed E-state index contributed by atoms with van der Waals surface area (Å²) in [6, 6.07) is 8.53. The molecule has 1 aromatic heterocycles. The second kappa shape index (κ2) is 6.77. The summed E-state index contributed by atoms with van der Waals surface area (Å²) < 4.78 is 0. The van der Waals surface area contributed by atoms with Crippen LogP contribution >= 0.6 is 0 Å². The van der Waals surface area contributed by atoms with Gasteiger partial charge in [-0.25, -0.2) is 4.98 Å². The normalized spacial score (nSPS) is 19.9. The fraction of sp³-hybridized carbons (Fsp3) is 0.474. The van der Waals surface area contributed by atoms with Crippen LogP contribution in [0, 0.1) is 5.92 Å². The number of piperidine rings is 1. The average molecular weight is 323 g/mol. The molecule has 1 aliphatic carbocycles. The molecule has 126 valence electrons. The SMILES string of the molecule is Nc1nc(NCC2CCCNC2)c2c(n1)-c1ccccc1CCC2. The van der Waals surface area contributed by atoms with Crippen molar-refractivity contribution in [1.82, 2.24) is 15.3 Å². The molecule has 24 heavy (non-hydrogen) atoms. The van der Waals surface area contributed by atoms with Gasteiger partial charge in [-0.1, -0.05) is 24.3 Å². The van der Waals surface area contributed by atoms with E-state index in [9.17, 15) is 0 Å². The summed E-state index contributed by atoms with van der Waals surface area (Å²) >= 11 is 0. The van der Waals surface area contributed by atoms with Crippen LogP contribution in [0.5, 0.6) is 0 Å². The molecule has 0 amide bonds. The summed E-state index contributed by atoms with van der Waals surface area (Å²) in [4.78, 5) is 9.11. The molecular formula is C19H25N5. The highest BCUT2D eigenvalue weighted by molar-refractivity contribution is 5.73. The van der Waals surface area contributed by atoms with Gasteiger partial charge in [0, 0.05) is 17.7 Å². The van der Waals surface area contributed by atoms with Crippen LogP contribution in [0.1, 0.15) is 30.4 Å². The third-order valence-corrected chi connectivity index (χ3v) is 5.13. The summed E-state index contributed by atoms with van der Waals surface area (Å²) in [6.07, 6.45) is 5.72. The van der Waals surface area contributed by atoms with Crippen LogP contribution in [0.25, 0.3) is 11.3 Å². The molecule has 0 spiro atoms. The standard InChI is InChI=1S/C19H25N5/c20-19-23-17-15-8-2-1-6-14(15)7-3-9-16(17)18(24-19)22-12-13-5-4-10-21-11-13/h1-2,6,8,13,21H,3-5,7,9-12H2,(H3,20,22,23,24). The number of rotatable bonds is 3. The lowest BCUT2D eigenvalue weighted by atomic mass is 9.99. The third kappa shape index (κ3) is 3.08. The lowest BCUT2D eigenvalue weighted by Crippen LogP contribution is -2.33. The van der Waals surface area contributed by atoms with Crippen LogP contribution in [-0.2, 0) is 12.8 Å². The van der Waals surface area contributed by atoms with Crippen molar-refractivity contribution in [2.45, 2.75) is 32.1 Å². The van der Waals surface area contributed by atoms with E-state index in [-0.39, 0.29) is 0 Å². The molecule has 1 unspecified atom stereocenters. The maximum Gasteiger partial charge on any atom is 0.222 e. The number of aryl methyl sites for hydroxylation is 1. The van der Waals surface area contributed by atoms with E-state index in [1.54, 1.807) is 0 Å². The van der Waals surface area contributed by atoms with Gasteiger partial charge in [-0.15, -0.1) is 0 Å². The number of hydrogen-bond donors (Lipinski definition) is 3. The van der Waals surface area contributed by atoms with Gasteiger partial charge in [0.1, 0.15) is 5.82 Å². The Morgan fingerprint density at radius 3 is 2.96 bits per heavy atom. The molecule has 1 aliphatic heterocycles. The lowest BCUT2D eigenvalue weighted by Gasteiger charge is -2.24. The maximum atomic E-state index is 6.03. The molecule has 2 heterocycles. The van der Waals surface area contributed by atoms with Crippen LogP contribution in [0.3, 0.4) is 0 Å². The first kappa shape index (κ1) is 15.4. The monoisotopic (exact) mass is 323 g/mol. The lowest BCUT2D eigenvalue weighted by molar-refractivity contribution is 0.392. The molecule has 1 saturated heterocycles. The number of hydrogen-bond acceptors (Lipinski definition) is 5. The van der Waals surface area contributed by atoms with E-state index in [2.05, 4.69) is 44.9 Å². The Hall–Kier alpha value is -2.14. The first-order valence-electron chi connectivity index (χ1n) is 9.00. The van der Waals surface area contributed by atoms with Crippen molar-refractivity contribution in [2.24, 2.45) is 5.92 Å². The highest BCUT2D eigenvalue weighted by Gasteiger charge is 2.21. The van der Waals surface area contributed by atoms with Gasteiger partial charge in [-0.3, -0.25) is 0 Å². The fourth-order valence-corrected chi connectivity index (χ4v) is 3.87. The molecule has 4 N–H and O–H groups in total. The van der Waals surface area contributed by atoms with Crippen LogP contribution in [0.15, 0.2) is 24.3 Å². The predicted molar refractivity (Wildman–Crippen MR) is 98.0 cm³/mol. The molecule has 1 atom stereocenters. The van der Waals surface area contributed by atoms with Gasteiger partial charge in [0.15, 0.2) is 0 Å². The zero-order valence-corrected chi connectivity index (χ0v) is 14.0. The van der Waals surface area contributed by atoms with E-state index in [0.717, 1.165) is 50.4 Å². The Kier molecular flexibility index (Phi) is 4.34. The number of nitrogens with two attached hydrogens (primary N) is 1. The van der Waals surface area contributed by atoms with Crippen molar-refractivity contribution < 1.29 is 0 Å². The van der Waals surface area contributed by atoms with E-state index < -0.39 is 0 Å². The van der Waals surface area contributed by atoms with E-state index >= 15 is 0 Å². The highest BCUT2D eigenvalue weighted by atomic mass is 15.1. The number of nitrogen functional groups attached to an aromatic ring is 1. The first-order valence-corrected chi connectivity index (χ1v) is 9.00. The zero-order valence-electron chi connectivity index (χ0n) is 14.0. The molecule has 2 aliphatic rings. The maximum absolute atomic E-state index is 6.03. The van der Waals surface area contributed by atoms with Crippen LogP contribution in [0.4, 0.5) is 11.8 Å². The highest BCUT2D eigenvalue weighted by Crippen LogP contribution is 2.34. The molecule has 0 saturated carbocycles. The van der Waals surface area contributed by atoms with Gasteiger partial charge >= 0.3 is 0 Å². The number of nitrogens with one attached hydrogen (secondary N) is 2. The minimum absolute atomic E-state index is 0.356. The minimum Gasteiger partial charge on any atom is -0.369 e. The summed E-state index contributed by atoms with van der Waals surface area (Å²) in [5.41, 5.74) is 10.8. The van der Waals surface area contributed by atoms with E-state index in [0.29, 0.717) is 11.9 Å².